The fourth-order valence-corrected chi connectivity index (χ4v) is 6.06. The molecule has 7 heteroatoms. The van der Waals surface area contributed by atoms with E-state index in [9.17, 15) is 8.42 Å². The Morgan fingerprint density at radius 2 is 1.74 bits per heavy atom. The Morgan fingerprint density at radius 1 is 1.11 bits per heavy atom. The van der Waals surface area contributed by atoms with Crippen molar-refractivity contribution in [2.24, 2.45) is 17.8 Å². The average molecular weight is 414 g/mol. The summed E-state index contributed by atoms with van der Waals surface area (Å²) < 4.78 is 29.8. The second-order valence-electron chi connectivity index (χ2n) is 8.43. The van der Waals surface area contributed by atoms with Crippen LogP contribution in [0.4, 0.5) is 0 Å². The summed E-state index contributed by atoms with van der Waals surface area (Å²) in [5.41, 5.74) is 1.16. The van der Waals surface area contributed by atoms with E-state index in [0.717, 1.165) is 49.5 Å². The number of nitrogens with one attached hydrogen (secondary N) is 1. The van der Waals surface area contributed by atoms with Crippen LogP contribution in [-0.4, -0.2) is 50.3 Å². The monoisotopic (exact) mass is 413 g/mol. The third-order valence-electron chi connectivity index (χ3n) is 5.79. The molecule has 2 aliphatic heterocycles. The molecule has 3 rings (SSSR count). The van der Waals surface area contributed by atoms with Gasteiger partial charge in [-0.05, 0) is 61.7 Å². The van der Waals surface area contributed by atoms with Gasteiger partial charge in [0, 0.05) is 31.2 Å². The van der Waals surface area contributed by atoms with E-state index in [1.54, 1.807) is 4.31 Å². The maximum absolute atomic E-state index is 12.7. The number of hydrogen-bond acceptors (Lipinski definition) is 3. The van der Waals surface area contributed by atoms with Crippen molar-refractivity contribution in [1.29, 1.82) is 0 Å². The quantitative estimate of drug-likeness (QED) is 0.777. The first kappa shape index (κ1) is 21.1. The molecule has 0 radical (unpaired) electrons. The third-order valence-corrected chi connectivity index (χ3v) is 7.67. The molecule has 0 saturated carbocycles. The molecule has 2 saturated heterocycles. The van der Waals surface area contributed by atoms with Crippen LogP contribution in [0.15, 0.2) is 24.3 Å². The van der Waals surface area contributed by atoms with Gasteiger partial charge in [0.25, 0.3) is 10.2 Å². The molecule has 2 fully saturated rings. The van der Waals surface area contributed by atoms with E-state index >= 15 is 0 Å². The van der Waals surface area contributed by atoms with Crippen molar-refractivity contribution in [3.05, 3.63) is 34.9 Å². The third kappa shape index (κ3) is 5.91. The molecule has 2 unspecified atom stereocenters. The van der Waals surface area contributed by atoms with Crippen LogP contribution >= 0.6 is 11.6 Å². The number of piperidine rings is 2. The fourth-order valence-electron chi connectivity index (χ4n) is 4.33. The number of halogens is 1. The smallest absolute Gasteiger partial charge is 0.279 e. The Bertz CT molecular complexity index is 710. The van der Waals surface area contributed by atoms with Crippen LogP contribution in [0.5, 0.6) is 0 Å². The predicted octanol–water partition coefficient (Wildman–Crippen LogP) is 3.36. The van der Waals surface area contributed by atoms with Crippen LogP contribution < -0.4 is 4.72 Å². The largest absolute Gasteiger partial charge is 0.299 e. The Labute approximate surface area is 169 Å². The number of benzene rings is 1. The molecule has 0 aliphatic carbocycles. The van der Waals surface area contributed by atoms with E-state index in [2.05, 4.69) is 29.5 Å². The van der Waals surface area contributed by atoms with Crippen molar-refractivity contribution in [3.63, 3.8) is 0 Å². The lowest BCUT2D eigenvalue weighted by Gasteiger charge is -2.35. The number of hydrogen-bond donors (Lipinski definition) is 1. The van der Waals surface area contributed by atoms with Gasteiger partial charge in [0.1, 0.15) is 0 Å². The van der Waals surface area contributed by atoms with Gasteiger partial charge in [0.05, 0.1) is 0 Å². The van der Waals surface area contributed by atoms with Crippen molar-refractivity contribution in [2.45, 2.75) is 39.7 Å². The first-order chi connectivity index (χ1) is 12.8. The summed E-state index contributed by atoms with van der Waals surface area (Å²) in [6.45, 7) is 8.90. The summed E-state index contributed by atoms with van der Waals surface area (Å²) >= 11 is 6.26. The minimum atomic E-state index is -3.36. The Balaban J connectivity index is 1.44. The average Bonchev–Trinajstić information content (AvgIpc) is 2.62. The molecular formula is C20H32ClN3O2S. The van der Waals surface area contributed by atoms with E-state index in [1.807, 2.05) is 18.2 Å². The maximum Gasteiger partial charge on any atom is 0.279 e. The molecule has 0 aromatic heterocycles. The van der Waals surface area contributed by atoms with E-state index < -0.39 is 10.2 Å². The minimum absolute atomic E-state index is 0.405. The molecule has 2 atom stereocenters. The normalized spacial score (nSPS) is 26.3. The summed E-state index contributed by atoms with van der Waals surface area (Å²) in [5.74, 6) is 1.26. The van der Waals surface area contributed by atoms with Crippen LogP contribution in [0, 0.1) is 17.8 Å². The Kier molecular flexibility index (Phi) is 7.20. The van der Waals surface area contributed by atoms with Crippen LogP contribution in [0.3, 0.4) is 0 Å². The van der Waals surface area contributed by atoms with E-state index in [1.165, 1.54) is 0 Å². The lowest BCUT2D eigenvalue weighted by Crippen LogP contribution is -2.49. The molecule has 1 N–H and O–H groups in total. The van der Waals surface area contributed by atoms with Crippen molar-refractivity contribution >= 4 is 21.8 Å². The first-order valence-corrected chi connectivity index (χ1v) is 11.9. The highest BCUT2D eigenvalue weighted by Crippen LogP contribution is 2.24. The molecule has 1 aromatic rings. The van der Waals surface area contributed by atoms with Gasteiger partial charge < -0.3 is 0 Å². The van der Waals surface area contributed by atoms with Crippen LogP contribution in [0.2, 0.25) is 5.02 Å². The number of likely N-dealkylation sites (tertiary alicyclic amines) is 1. The standard InChI is InChI=1S/C20H32ClN3O2S/c1-16-11-17(2)14-24(13-16)27(25,26)22-12-18-7-9-23(10-8-18)15-19-5-3-4-6-20(19)21/h3-6,16-18,22H,7-15H2,1-2H3. The minimum Gasteiger partial charge on any atom is -0.299 e. The summed E-state index contributed by atoms with van der Waals surface area (Å²) in [4.78, 5) is 2.40. The zero-order chi connectivity index (χ0) is 19.4. The molecule has 0 bridgehead atoms. The summed E-state index contributed by atoms with van der Waals surface area (Å²) in [5, 5.41) is 0.817. The van der Waals surface area contributed by atoms with Gasteiger partial charge in [-0.25, -0.2) is 4.72 Å². The van der Waals surface area contributed by atoms with Gasteiger partial charge in [0.2, 0.25) is 0 Å². The lowest BCUT2D eigenvalue weighted by atomic mass is 9.94. The predicted molar refractivity (Wildman–Crippen MR) is 111 cm³/mol. The Morgan fingerprint density at radius 3 is 2.37 bits per heavy atom. The second-order valence-corrected chi connectivity index (χ2v) is 10.6. The van der Waals surface area contributed by atoms with Crippen LogP contribution in [0.1, 0.15) is 38.7 Å². The molecule has 152 valence electrons. The zero-order valence-corrected chi connectivity index (χ0v) is 18.0. The maximum atomic E-state index is 12.7. The molecule has 2 heterocycles. The van der Waals surface area contributed by atoms with Crippen molar-refractivity contribution in [1.82, 2.24) is 13.9 Å². The van der Waals surface area contributed by atoms with Gasteiger partial charge in [-0.3, -0.25) is 4.90 Å². The second kappa shape index (κ2) is 9.23. The number of rotatable bonds is 6. The highest BCUT2D eigenvalue weighted by molar-refractivity contribution is 7.87. The molecule has 27 heavy (non-hydrogen) atoms. The molecule has 1 aromatic carbocycles. The molecular weight excluding hydrogens is 382 g/mol. The van der Waals surface area contributed by atoms with E-state index in [0.29, 0.717) is 37.4 Å². The molecule has 5 nitrogen and oxygen atoms in total. The van der Waals surface area contributed by atoms with Gasteiger partial charge >= 0.3 is 0 Å². The molecule has 0 spiro atoms. The fraction of sp³-hybridized carbons (Fsp3) is 0.700. The van der Waals surface area contributed by atoms with Gasteiger partial charge in [-0.2, -0.15) is 12.7 Å². The van der Waals surface area contributed by atoms with Crippen molar-refractivity contribution in [2.75, 3.05) is 32.7 Å². The van der Waals surface area contributed by atoms with Crippen molar-refractivity contribution in [3.8, 4) is 0 Å². The van der Waals surface area contributed by atoms with Crippen LogP contribution in [-0.2, 0) is 16.8 Å². The van der Waals surface area contributed by atoms with Crippen LogP contribution in [0.25, 0.3) is 0 Å². The summed E-state index contributed by atoms with van der Waals surface area (Å²) in [6.07, 6.45) is 3.13. The first-order valence-electron chi connectivity index (χ1n) is 10.0. The zero-order valence-electron chi connectivity index (χ0n) is 16.4. The highest BCUT2D eigenvalue weighted by Gasteiger charge is 2.31. The number of nitrogens with zero attached hydrogens (tertiary/aromatic N) is 2. The summed E-state index contributed by atoms with van der Waals surface area (Å²) in [7, 11) is -3.36. The van der Waals surface area contributed by atoms with Gasteiger partial charge in [-0.15, -0.1) is 0 Å². The Hall–Kier alpha value is -0.660. The van der Waals surface area contributed by atoms with E-state index in [4.69, 9.17) is 11.6 Å². The SMILES string of the molecule is CC1CC(C)CN(S(=O)(=O)NCC2CCN(Cc3ccccc3Cl)CC2)C1. The summed E-state index contributed by atoms with van der Waals surface area (Å²) in [6, 6.07) is 7.98. The highest BCUT2D eigenvalue weighted by atomic mass is 35.5. The molecule has 2 aliphatic rings. The van der Waals surface area contributed by atoms with Gasteiger partial charge in [0.15, 0.2) is 0 Å². The lowest BCUT2D eigenvalue weighted by molar-refractivity contribution is 0.177. The van der Waals surface area contributed by atoms with Crippen molar-refractivity contribution < 1.29 is 8.42 Å². The molecule has 0 amide bonds. The topological polar surface area (TPSA) is 52.7 Å². The van der Waals surface area contributed by atoms with E-state index in [-0.39, 0.29) is 0 Å². The van der Waals surface area contributed by atoms with Gasteiger partial charge in [-0.1, -0.05) is 43.6 Å².